The zero-order valence-electron chi connectivity index (χ0n) is 11.1. The maximum absolute atomic E-state index is 12.4. The number of hydrogen-bond donors (Lipinski definition) is 0. The van der Waals surface area contributed by atoms with Crippen LogP contribution in [0, 0.1) is 0 Å². The Kier molecular flexibility index (Phi) is 3.51. The number of aryl methyl sites for hydroxylation is 3. The first-order valence-corrected chi connectivity index (χ1v) is 7.69. The highest BCUT2D eigenvalue weighted by Gasteiger charge is 2.26. The predicted octanol–water partition coefficient (Wildman–Crippen LogP) is 3.10. The Morgan fingerprint density at radius 3 is 3.21 bits per heavy atom. The maximum atomic E-state index is 12.4. The van der Waals surface area contributed by atoms with Crippen molar-refractivity contribution < 1.29 is 4.79 Å². The van der Waals surface area contributed by atoms with Crippen LogP contribution >= 0.6 is 11.3 Å². The highest BCUT2D eigenvalue weighted by Crippen LogP contribution is 2.36. The Hall–Kier alpha value is -1.42. The van der Waals surface area contributed by atoms with E-state index in [0.717, 1.165) is 31.4 Å². The molecule has 4 heteroatoms. The summed E-state index contributed by atoms with van der Waals surface area (Å²) in [6, 6.07) is 4.13. The van der Waals surface area contributed by atoms with Crippen molar-refractivity contribution in [2.45, 2.75) is 38.0 Å². The number of aromatic nitrogens is 2. The van der Waals surface area contributed by atoms with Crippen molar-refractivity contribution >= 4 is 17.1 Å². The molecule has 1 unspecified atom stereocenters. The van der Waals surface area contributed by atoms with Crippen molar-refractivity contribution in [3.8, 4) is 0 Å². The van der Waals surface area contributed by atoms with E-state index in [2.05, 4.69) is 16.5 Å². The number of nitrogens with zero attached hydrogens (tertiary/aromatic N) is 2. The molecule has 1 aliphatic rings. The van der Waals surface area contributed by atoms with Gasteiger partial charge in [-0.05, 0) is 48.8 Å². The van der Waals surface area contributed by atoms with Crippen molar-refractivity contribution in [1.82, 2.24) is 9.78 Å². The summed E-state index contributed by atoms with van der Waals surface area (Å²) in [7, 11) is 1.93. The molecule has 3 rings (SSSR count). The van der Waals surface area contributed by atoms with Gasteiger partial charge >= 0.3 is 0 Å². The summed E-state index contributed by atoms with van der Waals surface area (Å²) in [5, 5.41) is 6.26. The summed E-state index contributed by atoms with van der Waals surface area (Å²) in [5.41, 5.74) is 2.43. The third-order valence-electron chi connectivity index (χ3n) is 3.99. The first kappa shape index (κ1) is 12.6. The summed E-state index contributed by atoms with van der Waals surface area (Å²) in [4.78, 5) is 13.9. The molecular formula is C15H18N2OS. The third kappa shape index (κ3) is 2.50. The van der Waals surface area contributed by atoms with Gasteiger partial charge in [-0.15, -0.1) is 11.3 Å². The van der Waals surface area contributed by atoms with Gasteiger partial charge in [0.05, 0.1) is 0 Å². The van der Waals surface area contributed by atoms with Crippen LogP contribution in [0.15, 0.2) is 23.7 Å². The molecular weight excluding hydrogens is 256 g/mol. The number of hydrogen-bond acceptors (Lipinski definition) is 3. The van der Waals surface area contributed by atoms with E-state index in [9.17, 15) is 4.79 Å². The average Bonchev–Trinajstić information content (AvgIpc) is 3.04. The lowest BCUT2D eigenvalue weighted by molar-refractivity contribution is -0.120. The molecule has 3 nitrogen and oxygen atoms in total. The van der Waals surface area contributed by atoms with Crippen molar-refractivity contribution in [3.63, 3.8) is 0 Å². The second kappa shape index (κ2) is 5.29. The van der Waals surface area contributed by atoms with Crippen LogP contribution in [0.3, 0.4) is 0 Å². The Balaban J connectivity index is 1.68. The minimum absolute atomic E-state index is 0.142. The van der Waals surface area contributed by atoms with Crippen LogP contribution in [0.5, 0.6) is 0 Å². The minimum Gasteiger partial charge on any atom is -0.299 e. The van der Waals surface area contributed by atoms with E-state index in [0.29, 0.717) is 12.2 Å². The lowest BCUT2D eigenvalue weighted by Crippen LogP contribution is -2.18. The van der Waals surface area contributed by atoms with Crippen LogP contribution in [0.2, 0.25) is 0 Å². The van der Waals surface area contributed by atoms with Gasteiger partial charge < -0.3 is 0 Å². The molecule has 0 bridgehead atoms. The van der Waals surface area contributed by atoms with E-state index in [-0.39, 0.29) is 5.92 Å². The molecule has 0 saturated carbocycles. The van der Waals surface area contributed by atoms with Gasteiger partial charge in [-0.25, -0.2) is 0 Å². The first-order chi connectivity index (χ1) is 9.25. The van der Waals surface area contributed by atoms with Gasteiger partial charge in [-0.3, -0.25) is 9.48 Å². The summed E-state index contributed by atoms with van der Waals surface area (Å²) in [6.45, 7) is 0. The van der Waals surface area contributed by atoms with Gasteiger partial charge in [0.1, 0.15) is 5.78 Å². The summed E-state index contributed by atoms with van der Waals surface area (Å²) >= 11 is 1.80. The Bertz CT molecular complexity index is 584. The van der Waals surface area contributed by atoms with Gasteiger partial charge in [0.2, 0.25) is 0 Å². The minimum atomic E-state index is 0.142. The van der Waals surface area contributed by atoms with Crippen LogP contribution < -0.4 is 0 Å². The van der Waals surface area contributed by atoms with Gasteiger partial charge in [0.25, 0.3) is 0 Å². The normalized spacial score (nSPS) is 18.3. The number of thiophene rings is 1. The highest BCUT2D eigenvalue weighted by atomic mass is 32.1. The molecule has 0 spiro atoms. The monoisotopic (exact) mass is 274 g/mol. The Labute approximate surface area is 117 Å². The van der Waals surface area contributed by atoms with Crippen LogP contribution in [0.1, 0.15) is 41.3 Å². The average molecular weight is 274 g/mol. The lowest BCUT2D eigenvalue weighted by Gasteiger charge is -2.21. The van der Waals surface area contributed by atoms with Crippen molar-refractivity contribution in [3.05, 3.63) is 39.8 Å². The quantitative estimate of drug-likeness (QED) is 0.858. The fourth-order valence-corrected chi connectivity index (χ4v) is 3.88. The molecule has 0 radical (unpaired) electrons. The van der Waals surface area contributed by atoms with Crippen molar-refractivity contribution in [2.75, 3.05) is 0 Å². The number of rotatable bonds is 4. The molecule has 2 aromatic heterocycles. The zero-order chi connectivity index (χ0) is 13.2. The van der Waals surface area contributed by atoms with Gasteiger partial charge in [0.15, 0.2) is 0 Å². The molecule has 0 amide bonds. The molecule has 0 aliphatic heterocycles. The second-order valence-corrected chi connectivity index (χ2v) is 6.16. The molecule has 0 fully saturated rings. The number of carbonyl (C=O) groups is 1. The molecule has 2 aromatic rings. The zero-order valence-corrected chi connectivity index (χ0v) is 11.9. The third-order valence-corrected chi connectivity index (χ3v) is 4.99. The smallest absolute Gasteiger partial charge is 0.140 e. The summed E-state index contributed by atoms with van der Waals surface area (Å²) in [5.74, 6) is 0.531. The Morgan fingerprint density at radius 1 is 1.53 bits per heavy atom. The summed E-state index contributed by atoms with van der Waals surface area (Å²) in [6.07, 6.45) is 6.53. The molecule has 1 aliphatic carbocycles. The predicted molar refractivity (Wildman–Crippen MR) is 76.5 cm³/mol. The fourth-order valence-electron chi connectivity index (χ4n) is 2.89. The number of ketones is 1. The SMILES string of the molecule is Cn1nccc1CCC(=O)C1CCCc2sccc21. The number of carbonyl (C=O) groups excluding carboxylic acids is 1. The van der Waals surface area contributed by atoms with Crippen molar-refractivity contribution in [1.29, 1.82) is 0 Å². The van der Waals surface area contributed by atoms with E-state index < -0.39 is 0 Å². The Morgan fingerprint density at radius 2 is 2.42 bits per heavy atom. The molecule has 0 aromatic carbocycles. The highest BCUT2D eigenvalue weighted by molar-refractivity contribution is 7.10. The van der Waals surface area contributed by atoms with Crippen LogP contribution in [-0.4, -0.2) is 15.6 Å². The molecule has 100 valence electrons. The lowest BCUT2D eigenvalue weighted by atomic mass is 9.83. The summed E-state index contributed by atoms with van der Waals surface area (Å²) < 4.78 is 1.85. The van der Waals surface area contributed by atoms with Crippen LogP contribution in [-0.2, 0) is 24.7 Å². The van der Waals surface area contributed by atoms with E-state index in [1.165, 1.54) is 10.4 Å². The topological polar surface area (TPSA) is 34.9 Å². The van der Waals surface area contributed by atoms with E-state index in [1.54, 1.807) is 17.5 Å². The molecule has 0 N–H and O–H groups in total. The van der Waals surface area contributed by atoms with Gasteiger partial charge in [0, 0.05) is 36.2 Å². The second-order valence-electron chi connectivity index (χ2n) is 5.16. The fraction of sp³-hybridized carbons (Fsp3) is 0.467. The van der Waals surface area contributed by atoms with Crippen LogP contribution in [0.25, 0.3) is 0 Å². The maximum Gasteiger partial charge on any atom is 0.140 e. The molecule has 1 atom stereocenters. The molecule has 19 heavy (non-hydrogen) atoms. The number of fused-ring (bicyclic) bond motifs is 1. The molecule has 0 saturated heterocycles. The van der Waals surface area contributed by atoms with E-state index in [4.69, 9.17) is 0 Å². The van der Waals surface area contributed by atoms with Gasteiger partial charge in [-0.1, -0.05) is 0 Å². The van der Waals surface area contributed by atoms with Crippen molar-refractivity contribution in [2.24, 2.45) is 7.05 Å². The number of Topliss-reactive ketones (excluding diaryl/α,β-unsaturated/α-hetero) is 1. The first-order valence-electron chi connectivity index (χ1n) is 6.81. The largest absolute Gasteiger partial charge is 0.299 e. The molecule has 2 heterocycles. The van der Waals surface area contributed by atoms with E-state index >= 15 is 0 Å². The van der Waals surface area contributed by atoms with Gasteiger partial charge in [-0.2, -0.15) is 5.10 Å². The van der Waals surface area contributed by atoms with E-state index in [1.807, 2.05) is 17.8 Å². The van der Waals surface area contributed by atoms with Crippen LogP contribution in [0.4, 0.5) is 0 Å². The standard InChI is InChI=1S/C15H18N2OS/c1-17-11(7-9-16-17)5-6-14(18)12-3-2-4-15-13(12)8-10-19-15/h7-10,12H,2-6H2,1H3.